The first-order valence-corrected chi connectivity index (χ1v) is 10.3. The molecule has 0 aliphatic heterocycles. The number of hydrogen-bond acceptors (Lipinski definition) is 3. The first kappa shape index (κ1) is 22.0. The van der Waals surface area contributed by atoms with E-state index in [1.165, 1.54) is 11.8 Å². The molecule has 0 heterocycles. The van der Waals surface area contributed by atoms with Crippen molar-refractivity contribution < 1.29 is 4.79 Å². The molecule has 4 nitrogen and oxygen atoms in total. The molecule has 1 saturated carbocycles. The Morgan fingerprint density at radius 2 is 2.11 bits per heavy atom. The summed E-state index contributed by atoms with van der Waals surface area (Å²) >= 11 is 6.06. The van der Waals surface area contributed by atoms with Gasteiger partial charge in [0.15, 0.2) is 0 Å². The van der Waals surface area contributed by atoms with Crippen molar-refractivity contribution in [2.75, 3.05) is 6.54 Å². The summed E-state index contributed by atoms with van der Waals surface area (Å²) in [7, 11) is 0. The molecule has 1 amide bonds. The number of carbonyl (C=O) groups excluding carboxylic acids is 1. The Morgan fingerprint density at radius 1 is 1.32 bits per heavy atom. The van der Waals surface area contributed by atoms with E-state index < -0.39 is 0 Å². The van der Waals surface area contributed by atoms with Crippen LogP contribution in [0.15, 0.2) is 64.8 Å². The van der Waals surface area contributed by atoms with Gasteiger partial charge >= 0.3 is 0 Å². The first-order chi connectivity index (χ1) is 13.6. The second kappa shape index (κ2) is 11.5. The molecule has 3 N–H and O–H groups in total. The van der Waals surface area contributed by atoms with Gasteiger partial charge in [0.05, 0.1) is 12.1 Å². The van der Waals surface area contributed by atoms with Gasteiger partial charge in [-0.15, -0.1) is 0 Å². The maximum atomic E-state index is 12.4. The van der Waals surface area contributed by atoms with Crippen LogP contribution in [-0.4, -0.2) is 24.7 Å². The lowest BCUT2D eigenvalue weighted by Crippen LogP contribution is -2.44. The molecule has 1 aromatic carbocycles. The Balaban J connectivity index is 1.84. The number of nitrogens with one attached hydrogen (secondary N) is 1. The molecule has 0 unspecified atom stereocenters. The van der Waals surface area contributed by atoms with E-state index in [1.54, 1.807) is 6.21 Å². The van der Waals surface area contributed by atoms with E-state index >= 15 is 0 Å². The summed E-state index contributed by atoms with van der Waals surface area (Å²) in [5, 5.41) is 3.79. The fourth-order valence-corrected chi connectivity index (χ4v) is 3.38. The molecular formula is C23H30ClN3O. The number of hydrogen-bond donors (Lipinski definition) is 2. The Bertz CT molecular complexity index is 774. The minimum atomic E-state index is -0.175. The monoisotopic (exact) mass is 399 g/mol. The van der Waals surface area contributed by atoms with E-state index in [4.69, 9.17) is 17.3 Å². The maximum absolute atomic E-state index is 12.4. The second-order valence-corrected chi connectivity index (χ2v) is 7.42. The summed E-state index contributed by atoms with van der Waals surface area (Å²) < 4.78 is 0. The molecule has 5 heteroatoms. The number of allylic oxidation sites excluding steroid dienone is 2. The predicted molar refractivity (Wildman–Crippen MR) is 119 cm³/mol. The zero-order valence-electron chi connectivity index (χ0n) is 16.7. The van der Waals surface area contributed by atoms with Crippen molar-refractivity contribution in [2.24, 2.45) is 10.7 Å². The van der Waals surface area contributed by atoms with Gasteiger partial charge in [0.1, 0.15) is 0 Å². The maximum Gasteiger partial charge on any atom is 0.254 e. The number of halogens is 1. The average molecular weight is 400 g/mol. The highest BCUT2D eigenvalue weighted by atomic mass is 35.5. The van der Waals surface area contributed by atoms with Gasteiger partial charge in [0, 0.05) is 23.5 Å². The second-order valence-electron chi connectivity index (χ2n) is 6.98. The molecule has 1 fully saturated rings. The third-order valence-electron chi connectivity index (χ3n) is 4.77. The SMILES string of the molecule is CC/C=C/C(=C\CC)CN=C/C(=C\N)C(=O)NC1CC(c2cccc(Cl)c2)C1. The standard InChI is InChI=1S/C23H30ClN3O/c1-3-5-8-17(7-4-2)15-26-16-20(14-25)23(28)27-22-12-19(13-22)18-9-6-10-21(24)11-18/h5-11,14,16,19,22H,3-4,12-13,15,25H2,1-2H3,(H,27,28)/b8-5+,17-7+,20-14+,26-16?. The highest BCUT2D eigenvalue weighted by molar-refractivity contribution is 6.30. The van der Waals surface area contributed by atoms with Gasteiger partial charge in [-0.2, -0.15) is 0 Å². The number of carbonyl (C=O) groups is 1. The third-order valence-corrected chi connectivity index (χ3v) is 5.01. The lowest BCUT2D eigenvalue weighted by Gasteiger charge is -2.36. The number of nitrogens with zero attached hydrogens (tertiary/aromatic N) is 1. The van der Waals surface area contributed by atoms with Crippen LogP contribution in [0.3, 0.4) is 0 Å². The van der Waals surface area contributed by atoms with Crippen molar-refractivity contribution in [3.05, 3.63) is 70.4 Å². The predicted octanol–water partition coefficient (Wildman–Crippen LogP) is 4.92. The highest BCUT2D eigenvalue weighted by Crippen LogP contribution is 2.37. The first-order valence-electron chi connectivity index (χ1n) is 9.90. The number of rotatable bonds is 9. The van der Waals surface area contributed by atoms with Crippen molar-refractivity contribution in [1.82, 2.24) is 5.32 Å². The van der Waals surface area contributed by atoms with Crippen LogP contribution in [0.5, 0.6) is 0 Å². The van der Waals surface area contributed by atoms with Gasteiger partial charge in [-0.05, 0) is 54.9 Å². The molecule has 0 spiro atoms. The molecule has 1 aromatic rings. The molecule has 2 rings (SSSR count). The molecule has 28 heavy (non-hydrogen) atoms. The van der Waals surface area contributed by atoms with Gasteiger partial charge < -0.3 is 11.1 Å². The lowest BCUT2D eigenvalue weighted by atomic mass is 9.76. The van der Waals surface area contributed by atoms with Crippen LogP contribution in [0.2, 0.25) is 5.02 Å². The van der Waals surface area contributed by atoms with E-state index in [-0.39, 0.29) is 11.9 Å². The van der Waals surface area contributed by atoms with Crippen LogP contribution in [-0.2, 0) is 4.79 Å². The molecule has 0 bridgehead atoms. The molecule has 0 radical (unpaired) electrons. The number of benzene rings is 1. The van der Waals surface area contributed by atoms with Crippen molar-refractivity contribution in [3.8, 4) is 0 Å². The molecule has 1 aliphatic rings. The zero-order valence-corrected chi connectivity index (χ0v) is 17.5. The lowest BCUT2D eigenvalue weighted by molar-refractivity contribution is -0.118. The normalized spacial score (nSPS) is 20.5. The van der Waals surface area contributed by atoms with Gasteiger partial charge in [-0.1, -0.05) is 55.8 Å². The number of amides is 1. The van der Waals surface area contributed by atoms with Gasteiger partial charge in [-0.3, -0.25) is 9.79 Å². The summed E-state index contributed by atoms with van der Waals surface area (Å²) in [6, 6.07) is 8.08. The van der Waals surface area contributed by atoms with E-state index in [9.17, 15) is 4.79 Å². The summed E-state index contributed by atoms with van der Waals surface area (Å²) in [6.07, 6.45) is 13.0. The Morgan fingerprint density at radius 3 is 2.75 bits per heavy atom. The average Bonchev–Trinajstić information content (AvgIpc) is 2.65. The van der Waals surface area contributed by atoms with Crippen molar-refractivity contribution in [1.29, 1.82) is 0 Å². The summed E-state index contributed by atoms with van der Waals surface area (Å²) in [6.45, 7) is 4.73. The fourth-order valence-electron chi connectivity index (χ4n) is 3.18. The van der Waals surface area contributed by atoms with E-state index in [1.807, 2.05) is 18.2 Å². The molecule has 1 aliphatic carbocycles. The third kappa shape index (κ3) is 6.68. The smallest absolute Gasteiger partial charge is 0.254 e. The van der Waals surface area contributed by atoms with Crippen LogP contribution in [0.1, 0.15) is 51.0 Å². The van der Waals surface area contributed by atoms with Crippen LogP contribution < -0.4 is 11.1 Å². The molecule has 150 valence electrons. The van der Waals surface area contributed by atoms with Crippen LogP contribution in [0.4, 0.5) is 0 Å². The fraction of sp³-hybridized carbons (Fsp3) is 0.391. The van der Waals surface area contributed by atoms with E-state index in [2.05, 4.69) is 48.5 Å². The van der Waals surface area contributed by atoms with Crippen LogP contribution in [0.25, 0.3) is 0 Å². The van der Waals surface area contributed by atoms with Gasteiger partial charge in [0.2, 0.25) is 0 Å². The zero-order chi connectivity index (χ0) is 20.4. The van der Waals surface area contributed by atoms with Gasteiger partial charge in [0.25, 0.3) is 5.91 Å². The number of aliphatic imine (C=N–C) groups is 1. The van der Waals surface area contributed by atoms with E-state index in [0.717, 1.165) is 36.3 Å². The van der Waals surface area contributed by atoms with Crippen molar-refractivity contribution in [2.45, 2.75) is 51.5 Å². The largest absolute Gasteiger partial charge is 0.404 e. The van der Waals surface area contributed by atoms with Gasteiger partial charge in [-0.25, -0.2) is 0 Å². The van der Waals surface area contributed by atoms with Crippen molar-refractivity contribution in [3.63, 3.8) is 0 Å². The Kier molecular flexibility index (Phi) is 9.02. The highest BCUT2D eigenvalue weighted by Gasteiger charge is 2.31. The molecular weight excluding hydrogens is 370 g/mol. The quantitative estimate of drug-likeness (QED) is 0.351. The Labute approximate surface area is 173 Å². The molecule has 0 saturated heterocycles. The topological polar surface area (TPSA) is 67.5 Å². The minimum Gasteiger partial charge on any atom is -0.404 e. The minimum absolute atomic E-state index is 0.155. The summed E-state index contributed by atoms with van der Waals surface area (Å²) in [5.41, 5.74) is 8.40. The van der Waals surface area contributed by atoms with E-state index in [0.29, 0.717) is 18.0 Å². The Hall–Kier alpha value is -2.33. The van der Waals surface area contributed by atoms with Crippen molar-refractivity contribution >= 4 is 23.7 Å². The van der Waals surface area contributed by atoms with Crippen LogP contribution >= 0.6 is 11.6 Å². The number of nitrogens with two attached hydrogens (primary N) is 1. The molecule has 0 atom stereocenters. The molecule has 0 aromatic heterocycles. The summed E-state index contributed by atoms with van der Waals surface area (Å²) in [5.74, 6) is 0.265. The van der Waals surface area contributed by atoms with Crippen LogP contribution in [0, 0.1) is 0 Å². The summed E-state index contributed by atoms with van der Waals surface area (Å²) in [4.78, 5) is 16.8.